The molecule has 2 heterocycles. The van der Waals surface area contributed by atoms with Crippen LogP contribution < -0.4 is 16.0 Å². The van der Waals surface area contributed by atoms with Crippen molar-refractivity contribution in [2.24, 2.45) is 11.3 Å². The summed E-state index contributed by atoms with van der Waals surface area (Å²) in [5.41, 5.74) is 0.688. The van der Waals surface area contributed by atoms with Crippen LogP contribution in [0.2, 0.25) is 0 Å². The molecule has 3 N–H and O–H groups in total. The Kier molecular flexibility index (Phi) is 10.7. The number of urea groups is 1. The lowest BCUT2D eigenvalue weighted by molar-refractivity contribution is -0.128. The van der Waals surface area contributed by atoms with Gasteiger partial charge in [-0.15, -0.1) is 11.8 Å². The van der Waals surface area contributed by atoms with Gasteiger partial charge in [0.2, 0.25) is 11.8 Å². The number of carbonyl (C=O) groups is 4. The molecule has 1 spiro atoms. The number of nitrogens with one attached hydrogen (secondary N) is 3. The molecule has 0 bridgehead atoms. The molecule has 44 heavy (non-hydrogen) atoms. The molecular formula is C33H47N3O7S. The largest absolute Gasteiger partial charge is 0.379 e. The number of ether oxygens (including phenoxy) is 3. The molecule has 11 heteroatoms. The van der Waals surface area contributed by atoms with Gasteiger partial charge in [-0.25, -0.2) is 4.79 Å². The van der Waals surface area contributed by atoms with Crippen molar-refractivity contribution in [3.05, 3.63) is 35.9 Å². The van der Waals surface area contributed by atoms with Gasteiger partial charge in [0, 0.05) is 41.9 Å². The van der Waals surface area contributed by atoms with Crippen molar-refractivity contribution < 1.29 is 33.4 Å². The first-order chi connectivity index (χ1) is 20.7. The van der Waals surface area contributed by atoms with Crippen molar-refractivity contribution in [2.45, 2.75) is 108 Å². The lowest BCUT2D eigenvalue weighted by atomic mass is 9.67. The second-order valence-electron chi connectivity index (χ2n) is 13.5. The van der Waals surface area contributed by atoms with E-state index in [0.29, 0.717) is 18.7 Å². The Balaban J connectivity index is 1.23. The van der Waals surface area contributed by atoms with Crippen LogP contribution in [-0.4, -0.2) is 72.6 Å². The zero-order chi connectivity index (χ0) is 32.3. The SMILES string of the molecule is CO[C@@H]1[C@H](NC(=O)NC(=O)CSc2ccc(NC(=O)CCC(=O)C(C)(C)C)cc2)CC[C@]2(CO2)[C@H]1[C@]1(C)O[C@@H]1CC=C(C)C. The van der Waals surface area contributed by atoms with Crippen molar-refractivity contribution in [3.8, 4) is 0 Å². The fourth-order valence-electron chi connectivity index (χ4n) is 6.12. The van der Waals surface area contributed by atoms with Crippen LogP contribution in [0, 0.1) is 11.3 Å². The van der Waals surface area contributed by atoms with Crippen molar-refractivity contribution in [1.82, 2.24) is 10.6 Å². The van der Waals surface area contributed by atoms with Gasteiger partial charge < -0.3 is 24.8 Å². The molecule has 1 aromatic rings. The number of Topliss-reactive ketones (excluding diaryl/α,β-unsaturated/α-hetero) is 1. The van der Waals surface area contributed by atoms with Crippen LogP contribution in [0.4, 0.5) is 10.5 Å². The van der Waals surface area contributed by atoms with Gasteiger partial charge in [0.25, 0.3) is 0 Å². The van der Waals surface area contributed by atoms with Crippen LogP contribution in [0.15, 0.2) is 40.8 Å². The van der Waals surface area contributed by atoms with E-state index in [1.54, 1.807) is 31.4 Å². The molecule has 0 unspecified atom stereocenters. The van der Waals surface area contributed by atoms with E-state index in [-0.39, 0.29) is 60.1 Å². The van der Waals surface area contributed by atoms with E-state index in [1.807, 2.05) is 20.8 Å². The highest BCUT2D eigenvalue weighted by atomic mass is 32.2. The molecule has 3 aliphatic rings. The molecule has 1 aliphatic carbocycles. The molecule has 2 saturated heterocycles. The average Bonchev–Trinajstić information content (AvgIpc) is 3.87. The maximum absolute atomic E-state index is 12.8. The number of amides is 4. The highest BCUT2D eigenvalue weighted by molar-refractivity contribution is 8.00. The number of epoxide rings is 2. The molecule has 6 atom stereocenters. The van der Waals surface area contributed by atoms with Gasteiger partial charge in [-0.3, -0.25) is 19.7 Å². The van der Waals surface area contributed by atoms with Crippen LogP contribution >= 0.6 is 11.8 Å². The van der Waals surface area contributed by atoms with Crippen LogP contribution in [0.3, 0.4) is 0 Å². The summed E-state index contributed by atoms with van der Waals surface area (Å²) in [5, 5.41) is 8.20. The van der Waals surface area contributed by atoms with Gasteiger partial charge in [-0.2, -0.15) is 0 Å². The lowest BCUT2D eigenvalue weighted by Gasteiger charge is -2.43. The van der Waals surface area contributed by atoms with Crippen molar-refractivity contribution in [3.63, 3.8) is 0 Å². The fraction of sp³-hybridized carbons (Fsp3) is 0.636. The zero-order valence-electron chi connectivity index (χ0n) is 26.9. The molecule has 1 aromatic carbocycles. The third-order valence-corrected chi connectivity index (χ3v) is 9.80. The van der Waals surface area contributed by atoms with Gasteiger partial charge in [0.1, 0.15) is 11.4 Å². The van der Waals surface area contributed by atoms with E-state index in [9.17, 15) is 19.2 Å². The summed E-state index contributed by atoms with van der Waals surface area (Å²) in [5.74, 6) is -0.601. The summed E-state index contributed by atoms with van der Waals surface area (Å²) in [6, 6.07) is 6.22. The molecule has 4 amide bonds. The number of allylic oxidation sites excluding steroid dienone is 1. The van der Waals surface area contributed by atoms with Crippen LogP contribution in [0.5, 0.6) is 0 Å². The predicted octanol–water partition coefficient (Wildman–Crippen LogP) is 5.01. The minimum absolute atomic E-state index is 0.0418. The standard InChI is InChI=1S/C33H47N3O7S/c1-20(2)8-14-25-32(6,43-25)29-28(41-7)23(16-17-33(29)19-42-33)35-30(40)36-27(39)18-44-22-11-9-21(10-12-22)34-26(38)15-13-24(37)31(3,4)5/h8-12,23,25,28-29H,13-19H2,1-7H3,(H,34,38)(H2,35,36,39,40)/t23-,25-,28-,29-,32-,33+/m1/s1. The van der Waals surface area contributed by atoms with Gasteiger partial charge >= 0.3 is 6.03 Å². The number of carbonyl (C=O) groups excluding carboxylic acids is 4. The molecular weight excluding hydrogens is 582 g/mol. The van der Waals surface area contributed by atoms with Crippen molar-refractivity contribution in [2.75, 3.05) is 24.8 Å². The quantitative estimate of drug-likeness (QED) is 0.167. The van der Waals surface area contributed by atoms with Crippen molar-refractivity contribution >= 4 is 41.1 Å². The summed E-state index contributed by atoms with van der Waals surface area (Å²) >= 11 is 1.28. The Labute approximate surface area is 264 Å². The van der Waals surface area contributed by atoms with Crippen LogP contribution in [0.1, 0.15) is 73.6 Å². The second kappa shape index (κ2) is 13.7. The molecule has 242 valence electrons. The average molecular weight is 630 g/mol. The zero-order valence-corrected chi connectivity index (χ0v) is 27.7. The minimum Gasteiger partial charge on any atom is -0.379 e. The Morgan fingerprint density at radius 3 is 2.36 bits per heavy atom. The molecule has 0 aromatic heterocycles. The van der Waals surface area contributed by atoms with Gasteiger partial charge in [0.15, 0.2) is 0 Å². The van der Waals surface area contributed by atoms with E-state index in [4.69, 9.17) is 14.2 Å². The number of hydrogen-bond acceptors (Lipinski definition) is 8. The van der Waals surface area contributed by atoms with E-state index >= 15 is 0 Å². The second-order valence-corrected chi connectivity index (χ2v) is 14.6. The third-order valence-electron chi connectivity index (χ3n) is 8.79. The van der Waals surface area contributed by atoms with Gasteiger partial charge in [0.05, 0.1) is 36.2 Å². The van der Waals surface area contributed by atoms with Crippen LogP contribution in [0.25, 0.3) is 0 Å². The summed E-state index contributed by atoms with van der Waals surface area (Å²) < 4.78 is 18.2. The van der Waals surface area contributed by atoms with E-state index in [0.717, 1.165) is 17.7 Å². The maximum Gasteiger partial charge on any atom is 0.321 e. The Morgan fingerprint density at radius 1 is 1.09 bits per heavy atom. The van der Waals surface area contributed by atoms with Gasteiger partial charge in [-0.1, -0.05) is 32.4 Å². The number of thioether (sulfide) groups is 1. The summed E-state index contributed by atoms with van der Waals surface area (Å²) in [4.78, 5) is 50.5. The Morgan fingerprint density at radius 2 is 1.77 bits per heavy atom. The van der Waals surface area contributed by atoms with Crippen LogP contribution in [-0.2, 0) is 28.6 Å². The van der Waals surface area contributed by atoms with E-state index in [1.165, 1.54) is 17.3 Å². The van der Waals surface area contributed by atoms with Crippen molar-refractivity contribution in [1.29, 1.82) is 0 Å². The summed E-state index contributed by atoms with van der Waals surface area (Å²) in [7, 11) is 1.65. The summed E-state index contributed by atoms with van der Waals surface area (Å²) in [6.07, 6.45) is 4.54. The van der Waals surface area contributed by atoms with Gasteiger partial charge in [-0.05, 0) is 64.3 Å². The first-order valence-corrected chi connectivity index (χ1v) is 16.3. The third kappa shape index (κ3) is 8.50. The maximum atomic E-state index is 12.8. The highest BCUT2D eigenvalue weighted by Crippen LogP contribution is 2.59. The highest BCUT2D eigenvalue weighted by Gasteiger charge is 2.71. The molecule has 3 fully saturated rings. The lowest BCUT2D eigenvalue weighted by Crippen LogP contribution is -2.60. The normalized spacial score (nSPS) is 29.0. The Bertz CT molecular complexity index is 1270. The molecule has 4 rings (SSSR count). The van der Waals surface area contributed by atoms with E-state index < -0.39 is 23.0 Å². The Hall–Kier alpha value is -2.73. The fourth-order valence-corrected chi connectivity index (χ4v) is 6.82. The molecule has 2 aliphatic heterocycles. The first kappa shape index (κ1) is 34.1. The monoisotopic (exact) mass is 629 g/mol. The number of hydrogen-bond donors (Lipinski definition) is 3. The molecule has 0 radical (unpaired) electrons. The number of rotatable bonds is 12. The minimum atomic E-state index is -0.556. The molecule has 1 saturated carbocycles. The first-order valence-electron chi connectivity index (χ1n) is 15.3. The topological polar surface area (TPSA) is 139 Å². The molecule has 10 nitrogen and oxygen atoms in total. The summed E-state index contributed by atoms with van der Waals surface area (Å²) in [6.45, 7) is 12.4. The predicted molar refractivity (Wildman–Crippen MR) is 169 cm³/mol. The van der Waals surface area contributed by atoms with E-state index in [2.05, 4.69) is 42.8 Å². The smallest absolute Gasteiger partial charge is 0.321 e. The number of imide groups is 1. The number of anilines is 1. The number of methoxy groups -OCH3 is 1. The number of ketones is 1. The number of benzene rings is 1.